The maximum absolute atomic E-state index is 12.2. The number of carbonyl (C=O) groups is 2. The number of nitrogens with one attached hydrogen (secondary N) is 2. The molecule has 0 aromatic heterocycles. The third kappa shape index (κ3) is 4.62. The van der Waals surface area contributed by atoms with E-state index in [1.54, 1.807) is 38.4 Å². The maximum atomic E-state index is 12.2. The van der Waals surface area contributed by atoms with E-state index in [-0.39, 0.29) is 17.5 Å². The Bertz CT molecular complexity index is 476. The molecule has 0 aliphatic carbocycles. The van der Waals surface area contributed by atoms with Crippen molar-refractivity contribution in [2.24, 2.45) is 0 Å². The second kappa shape index (κ2) is 5.73. The Kier molecular flexibility index (Phi) is 4.53. The summed E-state index contributed by atoms with van der Waals surface area (Å²) in [6.45, 7) is 5.73. The number of rotatable bonds is 2. The van der Waals surface area contributed by atoms with Crippen molar-refractivity contribution in [1.29, 1.82) is 0 Å². The summed E-state index contributed by atoms with van der Waals surface area (Å²) in [4.78, 5) is 25.2. The predicted octanol–water partition coefficient (Wildman–Crippen LogP) is 2.31. The van der Waals surface area contributed by atoms with E-state index in [1.807, 2.05) is 20.8 Å². The Labute approximate surface area is 114 Å². The van der Waals surface area contributed by atoms with Crippen molar-refractivity contribution in [3.05, 3.63) is 29.8 Å². The number of carbonyl (C=O) groups excluding carboxylic acids is 2. The third-order valence-corrected chi connectivity index (χ3v) is 2.31. The summed E-state index contributed by atoms with van der Waals surface area (Å²) in [7, 11) is 3.29. The molecular formula is C14H21N3O2. The van der Waals surface area contributed by atoms with Crippen LogP contribution in [-0.2, 0) is 0 Å². The van der Waals surface area contributed by atoms with Gasteiger partial charge in [-0.1, -0.05) is 12.1 Å². The molecule has 0 atom stereocenters. The summed E-state index contributed by atoms with van der Waals surface area (Å²) >= 11 is 0. The summed E-state index contributed by atoms with van der Waals surface area (Å²) < 4.78 is 0. The minimum absolute atomic E-state index is 0.206. The molecule has 0 saturated heterocycles. The number of nitrogens with zero attached hydrogens (tertiary/aromatic N) is 1. The van der Waals surface area contributed by atoms with Gasteiger partial charge >= 0.3 is 6.03 Å². The van der Waals surface area contributed by atoms with E-state index in [9.17, 15) is 9.59 Å². The number of hydrogen-bond donors (Lipinski definition) is 2. The van der Waals surface area contributed by atoms with Gasteiger partial charge in [0.15, 0.2) is 0 Å². The molecule has 0 aliphatic heterocycles. The van der Waals surface area contributed by atoms with Crippen LogP contribution in [0.2, 0.25) is 0 Å². The van der Waals surface area contributed by atoms with Gasteiger partial charge in [-0.2, -0.15) is 0 Å². The first-order chi connectivity index (χ1) is 8.70. The lowest BCUT2D eigenvalue weighted by atomic mass is 10.1. The zero-order chi connectivity index (χ0) is 14.6. The van der Waals surface area contributed by atoms with Gasteiger partial charge in [-0.3, -0.25) is 4.79 Å². The van der Waals surface area contributed by atoms with Crippen LogP contribution in [0.4, 0.5) is 10.5 Å². The summed E-state index contributed by atoms with van der Waals surface area (Å²) in [5.41, 5.74) is 0.631. The second-order valence-corrected chi connectivity index (χ2v) is 5.57. The fourth-order valence-corrected chi connectivity index (χ4v) is 1.43. The number of urea groups is 1. The molecule has 3 amide bonds. The number of benzene rings is 1. The van der Waals surface area contributed by atoms with Gasteiger partial charge in [-0.15, -0.1) is 0 Å². The molecule has 104 valence electrons. The van der Waals surface area contributed by atoms with Gasteiger partial charge in [-0.25, -0.2) is 4.79 Å². The number of hydrogen-bond acceptors (Lipinski definition) is 2. The molecule has 1 aromatic carbocycles. The fourth-order valence-electron chi connectivity index (χ4n) is 1.43. The van der Waals surface area contributed by atoms with Crippen molar-refractivity contribution in [3.63, 3.8) is 0 Å². The van der Waals surface area contributed by atoms with Crippen molar-refractivity contribution >= 4 is 17.6 Å². The van der Waals surface area contributed by atoms with Gasteiger partial charge in [0.05, 0.1) is 11.3 Å². The Balaban J connectivity index is 2.96. The van der Waals surface area contributed by atoms with Crippen LogP contribution in [0.1, 0.15) is 31.1 Å². The van der Waals surface area contributed by atoms with Crippen LogP contribution in [0.25, 0.3) is 0 Å². The van der Waals surface area contributed by atoms with Gasteiger partial charge in [0.1, 0.15) is 0 Å². The zero-order valence-electron chi connectivity index (χ0n) is 12.1. The molecule has 0 fully saturated rings. The Hall–Kier alpha value is -2.04. The molecule has 0 saturated carbocycles. The normalized spacial score (nSPS) is 10.8. The molecule has 1 aromatic rings. The average molecular weight is 263 g/mol. The van der Waals surface area contributed by atoms with Gasteiger partial charge in [-0.05, 0) is 32.9 Å². The van der Waals surface area contributed by atoms with Crippen molar-refractivity contribution < 1.29 is 9.59 Å². The van der Waals surface area contributed by atoms with Crippen LogP contribution in [0.3, 0.4) is 0 Å². The molecule has 0 unspecified atom stereocenters. The van der Waals surface area contributed by atoms with E-state index in [0.717, 1.165) is 0 Å². The molecule has 0 spiro atoms. The Morgan fingerprint density at radius 1 is 1.11 bits per heavy atom. The summed E-state index contributed by atoms with van der Waals surface area (Å²) in [5.74, 6) is -0.206. The van der Waals surface area contributed by atoms with Gasteiger partial charge in [0.2, 0.25) is 0 Å². The summed E-state index contributed by atoms with van der Waals surface area (Å²) in [5, 5.41) is 5.58. The standard InChI is InChI=1S/C14H21N3O2/c1-14(2,3)16-12(18)10-8-6-7-9-11(10)15-13(19)17(4)5/h6-9H,1-5H3,(H,15,19)(H,16,18). The van der Waals surface area contributed by atoms with Crippen molar-refractivity contribution in [2.45, 2.75) is 26.3 Å². The van der Waals surface area contributed by atoms with Crippen molar-refractivity contribution in [3.8, 4) is 0 Å². The number of amides is 3. The monoisotopic (exact) mass is 263 g/mol. The zero-order valence-corrected chi connectivity index (χ0v) is 12.1. The summed E-state index contributed by atoms with van der Waals surface area (Å²) in [6.07, 6.45) is 0. The van der Waals surface area contributed by atoms with E-state index < -0.39 is 0 Å². The molecule has 0 heterocycles. The van der Waals surface area contributed by atoms with Crippen LogP contribution in [0, 0.1) is 0 Å². The number of para-hydroxylation sites is 1. The predicted molar refractivity (Wildman–Crippen MR) is 76.4 cm³/mol. The molecule has 0 bridgehead atoms. The molecule has 0 radical (unpaired) electrons. The first kappa shape index (κ1) is 15.0. The third-order valence-electron chi connectivity index (χ3n) is 2.31. The SMILES string of the molecule is CN(C)C(=O)Nc1ccccc1C(=O)NC(C)(C)C. The van der Waals surface area contributed by atoms with Crippen molar-refractivity contribution in [1.82, 2.24) is 10.2 Å². The molecule has 5 nitrogen and oxygen atoms in total. The smallest absolute Gasteiger partial charge is 0.321 e. The van der Waals surface area contributed by atoms with E-state index in [2.05, 4.69) is 10.6 Å². The van der Waals surface area contributed by atoms with E-state index >= 15 is 0 Å². The van der Waals surface area contributed by atoms with E-state index in [4.69, 9.17) is 0 Å². The minimum Gasteiger partial charge on any atom is -0.347 e. The second-order valence-electron chi connectivity index (χ2n) is 5.57. The molecule has 0 aliphatic rings. The summed E-state index contributed by atoms with van der Waals surface area (Å²) in [6, 6.07) is 6.67. The van der Waals surface area contributed by atoms with Crippen LogP contribution in [0.15, 0.2) is 24.3 Å². The van der Waals surface area contributed by atoms with Crippen molar-refractivity contribution in [2.75, 3.05) is 19.4 Å². The highest BCUT2D eigenvalue weighted by Gasteiger charge is 2.18. The first-order valence-electron chi connectivity index (χ1n) is 6.10. The first-order valence-corrected chi connectivity index (χ1v) is 6.10. The molecule has 19 heavy (non-hydrogen) atoms. The lowest BCUT2D eigenvalue weighted by Crippen LogP contribution is -2.41. The molecular weight excluding hydrogens is 242 g/mol. The minimum atomic E-state index is -0.324. The average Bonchev–Trinajstić information content (AvgIpc) is 2.27. The van der Waals surface area contributed by atoms with Gasteiger partial charge in [0, 0.05) is 19.6 Å². The molecule has 1 rings (SSSR count). The topological polar surface area (TPSA) is 61.4 Å². The molecule has 2 N–H and O–H groups in total. The quantitative estimate of drug-likeness (QED) is 0.860. The lowest BCUT2D eigenvalue weighted by Gasteiger charge is -2.22. The van der Waals surface area contributed by atoms with E-state index in [0.29, 0.717) is 11.3 Å². The van der Waals surface area contributed by atoms with Gasteiger partial charge in [0.25, 0.3) is 5.91 Å². The lowest BCUT2D eigenvalue weighted by molar-refractivity contribution is 0.0920. The fraction of sp³-hybridized carbons (Fsp3) is 0.429. The van der Waals surface area contributed by atoms with Crippen LogP contribution >= 0.6 is 0 Å². The van der Waals surface area contributed by atoms with Crippen LogP contribution < -0.4 is 10.6 Å². The highest BCUT2D eigenvalue weighted by Crippen LogP contribution is 2.16. The van der Waals surface area contributed by atoms with E-state index in [1.165, 1.54) is 4.90 Å². The van der Waals surface area contributed by atoms with Crippen LogP contribution in [0.5, 0.6) is 0 Å². The largest absolute Gasteiger partial charge is 0.347 e. The number of anilines is 1. The highest BCUT2D eigenvalue weighted by atomic mass is 16.2. The maximum Gasteiger partial charge on any atom is 0.321 e. The Morgan fingerprint density at radius 2 is 1.68 bits per heavy atom. The highest BCUT2D eigenvalue weighted by molar-refractivity contribution is 6.03. The Morgan fingerprint density at radius 3 is 2.21 bits per heavy atom. The van der Waals surface area contributed by atoms with Gasteiger partial charge < -0.3 is 15.5 Å². The molecule has 5 heteroatoms. The van der Waals surface area contributed by atoms with Crippen LogP contribution in [-0.4, -0.2) is 36.5 Å².